The summed E-state index contributed by atoms with van der Waals surface area (Å²) in [6, 6.07) is 0. The Hall–Kier alpha value is -0.710. The number of rotatable bonds is 2. The van der Waals surface area contributed by atoms with E-state index < -0.39 is 18.3 Å². The van der Waals surface area contributed by atoms with Crippen LogP contribution >= 0.6 is 0 Å². The van der Waals surface area contributed by atoms with E-state index in [-0.39, 0.29) is 0 Å². The van der Waals surface area contributed by atoms with Gasteiger partial charge in [0.1, 0.15) is 0 Å². The van der Waals surface area contributed by atoms with E-state index in [0.717, 1.165) is 18.4 Å². The summed E-state index contributed by atoms with van der Waals surface area (Å²) in [4.78, 5) is 15.8. The van der Waals surface area contributed by atoms with Crippen LogP contribution in [-0.2, 0) is 9.63 Å². The van der Waals surface area contributed by atoms with Gasteiger partial charge in [-0.3, -0.25) is 9.63 Å². The van der Waals surface area contributed by atoms with Crippen molar-refractivity contribution in [3.63, 3.8) is 0 Å². The van der Waals surface area contributed by atoms with Gasteiger partial charge >= 0.3 is 0 Å². The third kappa shape index (κ3) is 2.73. The molecular weight excluding hydrogens is 168 g/mol. The predicted octanol–water partition coefficient (Wildman–Crippen LogP) is 1.20. The summed E-state index contributed by atoms with van der Waals surface area (Å²) in [7, 11) is 0. The summed E-state index contributed by atoms with van der Waals surface area (Å²) >= 11 is 0. The first-order valence-corrected chi connectivity index (χ1v) is 3.80. The first-order chi connectivity index (χ1) is 5.49. The zero-order chi connectivity index (χ0) is 9.19. The molecule has 0 atom stereocenters. The molecule has 0 aliphatic carbocycles. The van der Waals surface area contributed by atoms with Crippen LogP contribution in [0.3, 0.4) is 0 Å². The number of hydrogen-bond donors (Lipinski definition) is 0. The van der Waals surface area contributed by atoms with Crippen LogP contribution in [0, 0.1) is 0 Å². The van der Waals surface area contributed by atoms with Gasteiger partial charge in [0, 0.05) is 0 Å². The minimum absolute atomic E-state index is 0.426. The van der Waals surface area contributed by atoms with Gasteiger partial charge in [-0.25, -0.2) is 13.8 Å². The third-order valence-corrected chi connectivity index (χ3v) is 1.49. The number of alkyl halides is 2. The summed E-state index contributed by atoms with van der Waals surface area (Å²) in [5.74, 6) is -3.58. The highest BCUT2D eigenvalue weighted by Crippen LogP contribution is 2.19. The lowest BCUT2D eigenvalue weighted by Gasteiger charge is -2.16. The largest absolute Gasteiger partial charge is 0.272 e. The third-order valence-electron chi connectivity index (χ3n) is 1.49. The second-order valence-corrected chi connectivity index (χ2v) is 2.93. The van der Waals surface area contributed by atoms with E-state index in [1.807, 2.05) is 0 Å². The summed E-state index contributed by atoms with van der Waals surface area (Å²) < 4.78 is 24.6. The molecule has 1 amide bonds. The van der Waals surface area contributed by atoms with Gasteiger partial charge in [0.25, 0.3) is 11.8 Å². The molecule has 0 unspecified atom stereocenters. The monoisotopic (exact) mass is 179 g/mol. The molecule has 0 N–H and O–H groups in total. The van der Waals surface area contributed by atoms with Crippen LogP contribution in [0.5, 0.6) is 0 Å². The van der Waals surface area contributed by atoms with Crippen LogP contribution in [0.1, 0.15) is 19.8 Å². The zero-order valence-corrected chi connectivity index (χ0v) is 6.85. The maximum absolute atomic E-state index is 12.3. The van der Waals surface area contributed by atoms with Crippen molar-refractivity contribution in [2.75, 3.05) is 13.2 Å². The van der Waals surface area contributed by atoms with Crippen molar-refractivity contribution in [3.05, 3.63) is 0 Å². The molecule has 0 aromatic heterocycles. The van der Waals surface area contributed by atoms with Gasteiger partial charge in [0.05, 0.1) is 19.6 Å². The lowest BCUT2D eigenvalue weighted by molar-refractivity contribution is -0.174. The van der Waals surface area contributed by atoms with E-state index in [1.165, 1.54) is 0 Å². The van der Waals surface area contributed by atoms with Gasteiger partial charge in [-0.2, -0.15) is 0 Å². The molecule has 5 heteroatoms. The molecule has 1 aliphatic rings. The molecule has 0 aromatic rings. The molecule has 1 aliphatic heterocycles. The molecule has 1 saturated heterocycles. The minimum Gasteiger partial charge on any atom is -0.272 e. The Morgan fingerprint density at radius 2 is 2.33 bits per heavy atom. The Morgan fingerprint density at radius 3 is 2.75 bits per heavy atom. The van der Waals surface area contributed by atoms with Crippen LogP contribution in [0.4, 0.5) is 8.78 Å². The highest BCUT2D eigenvalue weighted by Gasteiger charge is 2.30. The van der Waals surface area contributed by atoms with E-state index in [4.69, 9.17) is 4.84 Å². The van der Waals surface area contributed by atoms with Crippen LogP contribution in [-0.4, -0.2) is 30.0 Å². The van der Waals surface area contributed by atoms with E-state index in [2.05, 4.69) is 0 Å². The van der Waals surface area contributed by atoms with Crippen molar-refractivity contribution >= 4 is 5.91 Å². The zero-order valence-electron chi connectivity index (χ0n) is 6.85. The maximum atomic E-state index is 12.3. The summed E-state index contributed by atoms with van der Waals surface area (Å²) in [5, 5.41) is 1.01. The van der Waals surface area contributed by atoms with Gasteiger partial charge in [-0.15, -0.1) is 0 Å². The van der Waals surface area contributed by atoms with Gasteiger partial charge in [-0.05, 0) is 13.3 Å². The molecule has 70 valence electrons. The normalized spacial score (nSPS) is 18.4. The maximum Gasteiger partial charge on any atom is 0.254 e. The van der Waals surface area contributed by atoms with Crippen molar-refractivity contribution in [1.29, 1.82) is 0 Å². The van der Waals surface area contributed by atoms with Gasteiger partial charge in [-0.1, -0.05) is 0 Å². The van der Waals surface area contributed by atoms with Gasteiger partial charge in [0.15, 0.2) is 0 Å². The Labute approximate surface area is 69.2 Å². The van der Waals surface area contributed by atoms with Crippen LogP contribution in [0.15, 0.2) is 0 Å². The number of carbonyl (C=O) groups excluding carboxylic acids is 1. The summed E-state index contributed by atoms with van der Waals surface area (Å²) in [6.07, 6.45) is -0.0476. The van der Waals surface area contributed by atoms with Crippen LogP contribution in [0.25, 0.3) is 0 Å². The average Bonchev–Trinajstić information content (AvgIpc) is 2.32. The van der Waals surface area contributed by atoms with Crippen LogP contribution in [0.2, 0.25) is 0 Å². The lowest BCUT2D eigenvalue weighted by atomic mass is 10.2. The highest BCUT2D eigenvalue weighted by atomic mass is 19.3. The molecule has 1 rings (SSSR count). The molecule has 0 aromatic carbocycles. The number of amides is 1. The van der Waals surface area contributed by atoms with Crippen molar-refractivity contribution in [2.24, 2.45) is 0 Å². The van der Waals surface area contributed by atoms with Crippen molar-refractivity contribution in [1.82, 2.24) is 5.06 Å². The fourth-order valence-electron chi connectivity index (χ4n) is 0.998. The van der Waals surface area contributed by atoms with E-state index >= 15 is 0 Å². The molecule has 0 radical (unpaired) electrons. The van der Waals surface area contributed by atoms with E-state index in [0.29, 0.717) is 13.2 Å². The molecule has 0 saturated carbocycles. The molecule has 0 bridgehead atoms. The van der Waals surface area contributed by atoms with Crippen molar-refractivity contribution < 1.29 is 18.4 Å². The molecule has 0 spiro atoms. The Bertz CT molecular complexity index is 173. The topological polar surface area (TPSA) is 29.5 Å². The smallest absolute Gasteiger partial charge is 0.254 e. The molecule has 12 heavy (non-hydrogen) atoms. The number of hydrogen-bond acceptors (Lipinski definition) is 2. The summed E-state index contributed by atoms with van der Waals surface area (Å²) in [6.45, 7) is 1.59. The van der Waals surface area contributed by atoms with E-state index in [1.54, 1.807) is 0 Å². The quantitative estimate of drug-likeness (QED) is 0.637. The number of carbonyl (C=O) groups is 1. The number of nitrogens with zero attached hydrogens (tertiary/aromatic N) is 1. The molecule has 1 heterocycles. The second-order valence-electron chi connectivity index (χ2n) is 2.93. The van der Waals surface area contributed by atoms with Gasteiger partial charge < -0.3 is 0 Å². The second kappa shape index (κ2) is 3.35. The average molecular weight is 179 g/mol. The Balaban J connectivity index is 2.37. The number of halogens is 2. The Kier molecular flexibility index (Phi) is 2.62. The first kappa shape index (κ1) is 9.38. The minimum atomic E-state index is -2.94. The molecule has 1 fully saturated rings. The summed E-state index contributed by atoms with van der Waals surface area (Å²) in [5.41, 5.74) is 0. The fourth-order valence-corrected chi connectivity index (χ4v) is 0.998. The van der Waals surface area contributed by atoms with E-state index in [9.17, 15) is 13.6 Å². The predicted molar refractivity (Wildman–Crippen MR) is 37.5 cm³/mol. The van der Waals surface area contributed by atoms with Gasteiger partial charge in [0.2, 0.25) is 0 Å². The molecular formula is C7H11F2NO2. The first-order valence-electron chi connectivity index (χ1n) is 3.80. The number of hydroxylamine groups is 2. The van der Waals surface area contributed by atoms with Crippen LogP contribution < -0.4 is 0 Å². The Morgan fingerprint density at radius 1 is 1.67 bits per heavy atom. The standard InChI is InChI=1S/C7H11F2NO2/c1-7(8,9)5-6(11)10-3-2-4-12-10/h2-5H2,1H3. The highest BCUT2D eigenvalue weighted by molar-refractivity contribution is 5.76. The van der Waals surface area contributed by atoms with Crippen molar-refractivity contribution in [3.8, 4) is 0 Å². The molecule has 3 nitrogen and oxygen atoms in total. The van der Waals surface area contributed by atoms with Crippen molar-refractivity contribution in [2.45, 2.75) is 25.7 Å². The SMILES string of the molecule is CC(F)(F)CC(=O)N1CCCO1. The lowest BCUT2D eigenvalue weighted by Crippen LogP contribution is -2.31. The fraction of sp³-hybridized carbons (Fsp3) is 0.857.